The van der Waals surface area contributed by atoms with E-state index in [1.165, 1.54) is 23.1 Å². The van der Waals surface area contributed by atoms with Gasteiger partial charge in [-0.3, -0.25) is 14.6 Å². The third kappa shape index (κ3) is 3.84. The van der Waals surface area contributed by atoms with E-state index < -0.39 is 23.5 Å². The summed E-state index contributed by atoms with van der Waals surface area (Å²) < 4.78 is 13.7. The third-order valence-corrected chi connectivity index (χ3v) is 5.39. The minimum absolute atomic E-state index is 0.0162. The molecule has 3 aromatic rings. The van der Waals surface area contributed by atoms with E-state index in [4.69, 9.17) is 0 Å². The zero-order valence-electron chi connectivity index (χ0n) is 17.2. The summed E-state index contributed by atoms with van der Waals surface area (Å²) in [5.74, 6) is -2.22. The molecule has 5 nitrogen and oxygen atoms in total. The molecule has 6 heteroatoms. The van der Waals surface area contributed by atoms with E-state index in [1.54, 1.807) is 25.3 Å². The SMILES string of the molecule is Cc1cccc(C2/C(=C(/O)c3ccc(F)c(C)c3)C(=O)C(=O)N2Cc2ccccn2)c1. The number of pyridine rings is 1. The molecule has 1 atom stereocenters. The molecule has 1 N–H and O–H groups in total. The van der Waals surface area contributed by atoms with Gasteiger partial charge in [0, 0.05) is 11.8 Å². The number of carbonyl (C=O) groups is 2. The van der Waals surface area contributed by atoms with E-state index in [0.29, 0.717) is 16.8 Å². The van der Waals surface area contributed by atoms with Gasteiger partial charge in [0.1, 0.15) is 11.6 Å². The molecule has 1 aromatic heterocycles. The average Bonchev–Trinajstić information content (AvgIpc) is 3.01. The predicted octanol–water partition coefficient (Wildman–Crippen LogP) is 4.46. The first-order chi connectivity index (χ1) is 14.9. The zero-order valence-corrected chi connectivity index (χ0v) is 17.2. The summed E-state index contributed by atoms with van der Waals surface area (Å²) in [6.45, 7) is 3.60. The molecule has 2 heterocycles. The minimum Gasteiger partial charge on any atom is -0.507 e. The van der Waals surface area contributed by atoms with Crippen molar-refractivity contribution in [2.75, 3.05) is 0 Å². The van der Waals surface area contributed by atoms with Crippen LogP contribution in [0.5, 0.6) is 0 Å². The predicted molar refractivity (Wildman–Crippen MR) is 114 cm³/mol. The number of benzene rings is 2. The highest BCUT2D eigenvalue weighted by molar-refractivity contribution is 6.46. The fourth-order valence-electron chi connectivity index (χ4n) is 3.84. The lowest BCUT2D eigenvalue weighted by atomic mass is 9.94. The van der Waals surface area contributed by atoms with Crippen molar-refractivity contribution in [2.24, 2.45) is 0 Å². The highest BCUT2D eigenvalue weighted by Crippen LogP contribution is 2.40. The summed E-state index contributed by atoms with van der Waals surface area (Å²) in [5.41, 5.74) is 2.89. The third-order valence-electron chi connectivity index (χ3n) is 5.39. The number of aryl methyl sites for hydroxylation is 2. The minimum atomic E-state index is -0.785. The van der Waals surface area contributed by atoms with Gasteiger partial charge in [0.05, 0.1) is 23.9 Å². The normalized spacial score (nSPS) is 17.9. The average molecular weight is 416 g/mol. The van der Waals surface area contributed by atoms with Crippen LogP contribution in [0.2, 0.25) is 0 Å². The standard InChI is InChI=1S/C25H21FN2O3/c1-15-6-5-7-17(12-15)22-21(23(29)18-9-10-20(26)16(2)13-18)24(30)25(31)28(22)14-19-8-3-4-11-27-19/h3-13,22,29H,14H2,1-2H3/b23-21-. The summed E-state index contributed by atoms with van der Waals surface area (Å²) in [6, 6.07) is 16.1. The summed E-state index contributed by atoms with van der Waals surface area (Å²) in [4.78, 5) is 31.7. The van der Waals surface area contributed by atoms with Crippen molar-refractivity contribution >= 4 is 17.4 Å². The number of rotatable bonds is 4. The second kappa shape index (κ2) is 8.14. The van der Waals surface area contributed by atoms with E-state index in [9.17, 15) is 19.1 Å². The van der Waals surface area contributed by atoms with Gasteiger partial charge in [0.15, 0.2) is 0 Å². The van der Waals surface area contributed by atoms with Gasteiger partial charge in [-0.1, -0.05) is 35.9 Å². The Hall–Kier alpha value is -3.80. The molecule has 1 unspecified atom stereocenters. The summed E-state index contributed by atoms with van der Waals surface area (Å²) in [5, 5.41) is 11.1. The van der Waals surface area contributed by atoms with Crippen LogP contribution in [0.1, 0.15) is 34.0 Å². The van der Waals surface area contributed by atoms with Crippen molar-refractivity contribution in [2.45, 2.75) is 26.4 Å². The Morgan fingerprint density at radius 2 is 1.87 bits per heavy atom. The van der Waals surface area contributed by atoms with E-state index in [1.807, 2.05) is 37.3 Å². The van der Waals surface area contributed by atoms with Crippen LogP contribution < -0.4 is 0 Å². The number of aliphatic hydroxyl groups is 1. The first-order valence-corrected chi connectivity index (χ1v) is 9.88. The number of carbonyl (C=O) groups excluding carboxylic acids is 2. The van der Waals surface area contributed by atoms with Gasteiger partial charge in [-0.25, -0.2) is 4.39 Å². The molecule has 0 aliphatic carbocycles. The van der Waals surface area contributed by atoms with Crippen molar-refractivity contribution in [3.05, 3.63) is 106 Å². The maximum absolute atomic E-state index is 13.7. The van der Waals surface area contributed by atoms with Crippen molar-refractivity contribution in [1.29, 1.82) is 0 Å². The van der Waals surface area contributed by atoms with E-state index in [-0.39, 0.29) is 23.4 Å². The highest BCUT2D eigenvalue weighted by Gasteiger charge is 2.46. The molecule has 0 saturated carbocycles. The van der Waals surface area contributed by atoms with Gasteiger partial charge < -0.3 is 10.0 Å². The number of Topliss-reactive ketones (excluding diaryl/α,β-unsaturated/α-hetero) is 1. The summed E-state index contributed by atoms with van der Waals surface area (Å²) >= 11 is 0. The second-order valence-electron chi connectivity index (χ2n) is 7.63. The van der Waals surface area contributed by atoms with Crippen molar-refractivity contribution in [3.8, 4) is 0 Å². The number of amides is 1. The molecule has 1 amide bonds. The molecular formula is C25H21FN2O3. The van der Waals surface area contributed by atoms with Crippen LogP contribution in [0.25, 0.3) is 5.76 Å². The molecule has 31 heavy (non-hydrogen) atoms. The first-order valence-electron chi connectivity index (χ1n) is 9.88. The number of aromatic nitrogens is 1. The van der Waals surface area contributed by atoms with Crippen molar-refractivity contribution < 1.29 is 19.1 Å². The van der Waals surface area contributed by atoms with Crippen molar-refractivity contribution in [3.63, 3.8) is 0 Å². The maximum atomic E-state index is 13.7. The number of ketones is 1. The highest BCUT2D eigenvalue weighted by atomic mass is 19.1. The Morgan fingerprint density at radius 1 is 1.06 bits per heavy atom. The quantitative estimate of drug-likeness (QED) is 0.387. The smallest absolute Gasteiger partial charge is 0.296 e. The van der Waals surface area contributed by atoms with Gasteiger partial charge in [0.2, 0.25) is 0 Å². The van der Waals surface area contributed by atoms with Crippen LogP contribution in [-0.2, 0) is 16.1 Å². The van der Waals surface area contributed by atoms with Gasteiger partial charge in [-0.05, 0) is 55.3 Å². The summed E-state index contributed by atoms with van der Waals surface area (Å²) in [6.07, 6.45) is 1.62. The lowest BCUT2D eigenvalue weighted by Crippen LogP contribution is -2.29. The van der Waals surface area contributed by atoms with E-state index in [2.05, 4.69) is 4.98 Å². The lowest BCUT2D eigenvalue weighted by molar-refractivity contribution is -0.140. The molecule has 1 saturated heterocycles. The molecule has 1 fully saturated rings. The number of hydrogen-bond acceptors (Lipinski definition) is 4. The Balaban J connectivity index is 1.88. The van der Waals surface area contributed by atoms with Crippen LogP contribution in [0, 0.1) is 19.7 Å². The summed E-state index contributed by atoms with van der Waals surface area (Å²) in [7, 11) is 0. The first kappa shape index (κ1) is 20.5. The number of halogens is 1. The number of likely N-dealkylation sites (tertiary alicyclic amines) is 1. The molecule has 156 valence electrons. The molecule has 0 radical (unpaired) electrons. The Morgan fingerprint density at radius 3 is 2.55 bits per heavy atom. The lowest BCUT2D eigenvalue weighted by Gasteiger charge is -2.25. The fourth-order valence-corrected chi connectivity index (χ4v) is 3.84. The second-order valence-corrected chi connectivity index (χ2v) is 7.63. The van der Waals surface area contributed by atoms with Gasteiger partial charge in [-0.2, -0.15) is 0 Å². The van der Waals surface area contributed by atoms with E-state index >= 15 is 0 Å². The molecule has 2 aromatic carbocycles. The topological polar surface area (TPSA) is 70.5 Å². The van der Waals surface area contributed by atoms with E-state index in [0.717, 1.165) is 5.56 Å². The number of hydrogen-bond donors (Lipinski definition) is 1. The Bertz CT molecular complexity index is 1200. The molecule has 4 rings (SSSR count). The molecule has 1 aliphatic rings. The van der Waals surface area contributed by atoms with Crippen LogP contribution >= 0.6 is 0 Å². The zero-order chi connectivity index (χ0) is 22.1. The van der Waals surface area contributed by atoms with Crippen LogP contribution in [-0.4, -0.2) is 26.7 Å². The fraction of sp³-hybridized carbons (Fsp3) is 0.160. The van der Waals surface area contributed by atoms with Gasteiger partial charge in [-0.15, -0.1) is 0 Å². The van der Waals surface area contributed by atoms with Crippen molar-refractivity contribution in [1.82, 2.24) is 9.88 Å². The van der Waals surface area contributed by atoms with Crippen LogP contribution in [0.15, 0.2) is 72.4 Å². The van der Waals surface area contributed by atoms with Gasteiger partial charge in [0.25, 0.3) is 11.7 Å². The maximum Gasteiger partial charge on any atom is 0.296 e. The molecule has 1 aliphatic heterocycles. The largest absolute Gasteiger partial charge is 0.507 e. The molecule has 0 bridgehead atoms. The monoisotopic (exact) mass is 416 g/mol. The van der Waals surface area contributed by atoms with Crippen LogP contribution in [0.4, 0.5) is 4.39 Å². The van der Waals surface area contributed by atoms with Crippen LogP contribution in [0.3, 0.4) is 0 Å². The van der Waals surface area contributed by atoms with Gasteiger partial charge >= 0.3 is 0 Å². The Kier molecular flexibility index (Phi) is 5.38. The number of nitrogens with zero attached hydrogens (tertiary/aromatic N) is 2. The Labute approximate surface area is 179 Å². The number of aliphatic hydroxyl groups excluding tert-OH is 1. The molecular weight excluding hydrogens is 395 g/mol. The molecule has 0 spiro atoms.